The van der Waals surface area contributed by atoms with Crippen molar-refractivity contribution in [2.24, 2.45) is 0 Å². The SMILES string of the molecule is Cc1ccc(CNC(=O)C(C)S(=O)(=O)Cc2cc(C)on2)cc1. The van der Waals surface area contributed by atoms with Gasteiger partial charge in [0.15, 0.2) is 9.84 Å². The second-order valence-electron chi connectivity index (χ2n) is 5.58. The lowest BCUT2D eigenvalue weighted by Gasteiger charge is -2.12. The van der Waals surface area contributed by atoms with Crippen LogP contribution >= 0.6 is 0 Å². The Hall–Kier alpha value is -2.15. The fourth-order valence-corrected chi connectivity index (χ4v) is 3.23. The number of nitrogens with zero attached hydrogens (tertiary/aromatic N) is 1. The third-order valence-corrected chi connectivity index (χ3v) is 5.51. The quantitative estimate of drug-likeness (QED) is 0.870. The van der Waals surface area contributed by atoms with Gasteiger partial charge in [0.1, 0.15) is 11.0 Å². The summed E-state index contributed by atoms with van der Waals surface area (Å²) < 4.78 is 29.4. The first-order chi connectivity index (χ1) is 10.8. The van der Waals surface area contributed by atoms with E-state index in [0.717, 1.165) is 11.1 Å². The van der Waals surface area contributed by atoms with E-state index < -0.39 is 21.0 Å². The Balaban J connectivity index is 1.96. The predicted molar refractivity (Wildman–Crippen MR) is 86.4 cm³/mol. The van der Waals surface area contributed by atoms with Crippen LogP contribution in [-0.2, 0) is 26.9 Å². The van der Waals surface area contributed by atoms with Gasteiger partial charge in [0, 0.05) is 12.6 Å². The maximum atomic E-state index is 12.3. The van der Waals surface area contributed by atoms with Crippen LogP contribution < -0.4 is 5.32 Å². The zero-order chi connectivity index (χ0) is 17.0. The van der Waals surface area contributed by atoms with Crippen LogP contribution in [0, 0.1) is 13.8 Å². The summed E-state index contributed by atoms with van der Waals surface area (Å²) >= 11 is 0. The first-order valence-electron chi connectivity index (χ1n) is 7.25. The summed E-state index contributed by atoms with van der Waals surface area (Å²) in [6, 6.07) is 9.22. The summed E-state index contributed by atoms with van der Waals surface area (Å²) in [5.74, 6) is -0.304. The number of hydrogen-bond acceptors (Lipinski definition) is 5. The number of amides is 1. The molecule has 7 heteroatoms. The number of sulfone groups is 1. The molecule has 1 atom stereocenters. The molecule has 1 amide bonds. The largest absolute Gasteiger partial charge is 0.361 e. The van der Waals surface area contributed by atoms with Crippen molar-refractivity contribution in [1.82, 2.24) is 10.5 Å². The fraction of sp³-hybridized carbons (Fsp3) is 0.375. The van der Waals surface area contributed by atoms with Crippen LogP contribution in [0.2, 0.25) is 0 Å². The molecule has 0 aliphatic carbocycles. The van der Waals surface area contributed by atoms with Gasteiger partial charge in [-0.05, 0) is 26.3 Å². The summed E-state index contributed by atoms with van der Waals surface area (Å²) in [6.45, 7) is 5.33. The highest BCUT2D eigenvalue weighted by atomic mass is 32.2. The van der Waals surface area contributed by atoms with Crippen molar-refractivity contribution in [2.75, 3.05) is 0 Å². The highest BCUT2D eigenvalue weighted by Gasteiger charge is 2.29. The van der Waals surface area contributed by atoms with E-state index in [2.05, 4.69) is 10.5 Å². The first kappa shape index (κ1) is 17.2. The number of carbonyl (C=O) groups is 1. The smallest absolute Gasteiger partial charge is 0.238 e. The van der Waals surface area contributed by atoms with Crippen molar-refractivity contribution in [1.29, 1.82) is 0 Å². The molecule has 0 saturated carbocycles. The van der Waals surface area contributed by atoms with Crippen molar-refractivity contribution >= 4 is 15.7 Å². The first-order valence-corrected chi connectivity index (χ1v) is 8.96. The number of hydrogen-bond donors (Lipinski definition) is 1. The zero-order valence-corrected chi connectivity index (χ0v) is 14.2. The minimum atomic E-state index is -3.64. The standard InChI is InChI=1S/C16H20N2O4S/c1-11-4-6-14(7-5-11)9-17-16(19)13(3)23(20,21)10-15-8-12(2)22-18-15/h4-8,13H,9-10H2,1-3H3,(H,17,19). The van der Waals surface area contributed by atoms with Crippen LogP contribution in [0.1, 0.15) is 29.5 Å². The van der Waals surface area contributed by atoms with E-state index >= 15 is 0 Å². The van der Waals surface area contributed by atoms with E-state index in [9.17, 15) is 13.2 Å². The second kappa shape index (κ2) is 6.95. The number of benzene rings is 1. The van der Waals surface area contributed by atoms with Crippen LogP contribution in [0.3, 0.4) is 0 Å². The highest BCUT2D eigenvalue weighted by molar-refractivity contribution is 7.92. The van der Waals surface area contributed by atoms with E-state index in [4.69, 9.17) is 4.52 Å². The second-order valence-corrected chi connectivity index (χ2v) is 7.90. The summed E-state index contributed by atoms with van der Waals surface area (Å²) in [5, 5.41) is 5.16. The van der Waals surface area contributed by atoms with E-state index in [1.165, 1.54) is 6.92 Å². The van der Waals surface area contributed by atoms with Crippen molar-refractivity contribution in [3.05, 3.63) is 52.9 Å². The highest BCUT2D eigenvalue weighted by Crippen LogP contribution is 2.12. The molecule has 0 aliphatic rings. The summed E-state index contributed by atoms with van der Waals surface area (Å²) in [5.41, 5.74) is 2.35. The monoisotopic (exact) mass is 336 g/mol. The van der Waals surface area contributed by atoms with Crippen LogP contribution in [0.4, 0.5) is 0 Å². The molecule has 23 heavy (non-hydrogen) atoms. The van der Waals surface area contributed by atoms with Gasteiger partial charge in [0.05, 0.1) is 11.4 Å². The molecule has 1 aromatic carbocycles. The normalized spacial score (nSPS) is 12.8. The van der Waals surface area contributed by atoms with Crippen molar-refractivity contribution in [2.45, 2.75) is 38.3 Å². The van der Waals surface area contributed by atoms with Crippen molar-refractivity contribution in [3.63, 3.8) is 0 Å². The number of aromatic nitrogens is 1. The fourth-order valence-electron chi connectivity index (χ4n) is 2.02. The third kappa shape index (κ3) is 4.66. The minimum absolute atomic E-state index is 0.294. The van der Waals surface area contributed by atoms with E-state index in [-0.39, 0.29) is 5.75 Å². The molecule has 2 rings (SSSR count). The van der Waals surface area contributed by atoms with Crippen LogP contribution in [0.15, 0.2) is 34.9 Å². The average Bonchev–Trinajstić information content (AvgIpc) is 2.90. The Bertz CT molecular complexity index is 779. The van der Waals surface area contributed by atoms with Gasteiger partial charge in [0.2, 0.25) is 5.91 Å². The maximum Gasteiger partial charge on any atom is 0.238 e. The lowest BCUT2D eigenvalue weighted by molar-refractivity contribution is -0.120. The lowest BCUT2D eigenvalue weighted by atomic mass is 10.1. The van der Waals surface area contributed by atoms with Gasteiger partial charge in [-0.25, -0.2) is 8.42 Å². The Morgan fingerprint density at radius 3 is 2.48 bits per heavy atom. The van der Waals surface area contributed by atoms with Gasteiger partial charge in [0.25, 0.3) is 0 Å². The molecule has 0 radical (unpaired) electrons. The lowest BCUT2D eigenvalue weighted by Crippen LogP contribution is -2.38. The summed E-state index contributed by atoms with van der Waals surface area (Å²) in [7, 11) is -3.64. The maximum absolute atomic E-state index is 12.3. The van der Waals surface area contributed by atoms with Crippen molar-refractivity contribution < 1.29 is 17.7 Å². The molecule has 0 fully saturated rings. The predicted octanol–water partition coefficient (Wildman–Crippen LogP) is 1.91. The van der Waals surface area contributed by atoms with E-state index in [1.54, 1.807) is 13.0 Å². The molecule has 1 aromatic heterocycles. The molecule has 2 aromatic rings. The van der Waals surface area contributed by atoms with Crippen molar-refractivity contribution in [3.8, 4) is 0 Å². The zero-order valence-electron chi connectivity index (χ0n) is 13.4. The molecule has 0 bridgehead atoms. The molecule has 1 N–H and O–H groups in total. The molecule has 1 heterocycles. The Morgan fingerprint density at radius 2 is 1.91 bits per heavy atom. The third-order valence-electron chi connectivity index (χ3n) is 3.52. The Kier molecular flexibility index (Phi) is 5.20. The molecule has 0 saturated heterocycles. The molecular formula is C16H20N2O4S. The van der Waals surface area contributed by atoms with Crippen LogP contribution in [0.25, 0.3) is 0 Å². The average molecular weight is 336 g/mol. The van der Waals surface area contributed by atoms with Gasteiger partial charge in [-0.2, -0.15) is 0 Å². The van der Waals surface area contributed by atoms with Gasteiger partial charge < -0.3 is 9.84 Å². The molecule has 124 valence electrons. The van der Waals surface area contributed by atoms with Gasteiger partial charge >= 0.3 is 0 Å². The minimum Gasteiger partial charge on any atom is -0.361 e. The molecule has 6 nitrogen and oxygen atoms in total. The number of rotatable bonds is 6. The number of nitrogens with one attached hydrogen (secondary N) is 1. The van der Waals surface area contributed by atoms with Crippen LogP contribution in [-0.4, -0.2) is 24.7 Å². The van der Waals surface area contributed by atoms with E-state index in [1.807, 2.05) is 31.2 Å². The molecular weight excluding hydrogens is 316 g/mol. The van der Waals surface area contributed by atoms with E-state index in [0.29, 0.717) is 18.0 Å². The topological polar surface area (TPSA) is 89.3 Å². The number of carbonyl (C=O) groups excluding carboxylic acids is 1. The molecule has 0 spiro atoms. The van der Waals surface area contributed by atoms with Crippen LogP contribution in [0.5, 0.6) is 0 Å². The summed E-state index contributed by atoms with van der Waals surface area (Å²) in [6.07, 6.45) is 0. The number of aryl methyl sites for hydroxylation is 2. The Labute approximate surface area is 135 Å². The Morgan fingerprint density at radius 1 is 1.26 bits per heavy atom. The van der Waals surface area contributed by atoms with Gasteiger partial charge in [-0.15, -0.1) is 0 Å². The molecule has 0 aliphatic heterocycles. The molecule has 1 unspecified atom stereocenters. The van der Waals surface area contributed by atoms with Gasteiger partial charge in [-0.1, -0.05) is 35.0 Å². The summed E-state index contributed by atoms with van der Waals surface area (Å²) in [4.78, 5) is 12.1. The van der Waals surface area contributed by atoms with Gasteiger partial charge in [-0.3, -0.25) is 4.79 Å².